The molecule has 5 aliphatic rings. The van der Waals surface area contributed by atoms with E-state index in [9.17, 15) is 23.7 Å². The van der Waals surface area contributed by atoms with Gasteiger partial charge in [-0.15, -0.1) is 0 Å². The second-order valence-electron chi connectivity index (χ2n) is 18.9. The van der Waals surface area contributed by atoms with Gasteiger partial charge in [-0.2, -0.15) is 10.1 Å². The lowest BCUT2D eigenvalue weighted by Gasteiger charge is -2.40. The van der Waals surface area contributed by atoms with Crippen LogP contribution in [0.5, 0.6) is 5.75 Å². The van der Waals surface area contributed by atoms with E-state index < -0.39 is 36.8 Å². The number of rotatable bonds is 13. The van der Waals surface area contributed by atoms with Crippen LogP contribution in [0.25, 0.3) is 11.1 Å². The van der Waals surface area contributed by atoms with E-state index in [1.165, 1.54) is 5.56 Å². The zero-order valence-corrected chi connectivity index (χ0v) is 40.3. The number of halogens is 1. The molecule has 3 saturated heterocycles. The number of methoxy groups -OCH3 is 1. The van der Waals surface area contributed by atoms with Gasteiger partial charge in [-0.1, -0.05) is 17.7 Å². The summed E-state index contributed by atoms with van der Waals surface area (Å²) in [5.74, 6) is 0.375. The maximum absolute atomic E-state index is 13.5. The first-order valence-electron chi connectivity index (χ1n) is 23.3. The molecule has 2 aromatic heterocycles. The minimum Gasteiger partial charge on any atom is -0.494 e. The molecule has 1 unspecified atom stereocenters. The van der Waals surface area contributed by atoms with Crippen molar-refractivity contribution >= 4 is 82.2 Å². The standard InChI is InChI=1S/C49H55ClN11O6P/c1-57-28-32(25-52-57)35-23-39(54-49-51-26-37(50)45(56-49)53-38-10-7-31(30-5-6-30)21-43(38)68(3,4)66)42(67-2)24-41(35)60-15-13-29(14-16-60)27-58-17-19-59(20-18-58)33-8-9-34-36(22-33)48(65)61(47(34)64)40-11-12-44(62)55-46(40)63/h7-10,21-26,28-30,40H,5-6,11-20,27H2,1-4H3,(H,55,62,63)(H2,51,53,54,56). The van der Waals surface area contributed by atoms with Gasteiger partial charge in [-0.05, 0) is 99.2 Å². The first-order chi connectivity index (χ1) is 32.7. The number of benzene rings is 3. The number of fused-ring (bicyclic) bond motifs is 1. The van der Waals surface area contributed by atoms with Crippen molar-refractivity contribution in [2.45, 2.75) is 50.5 Å². The number of piperidine rings is 2. The predicted octanol–water partition coefficient (Wildman–Crippen LogP) is 6.59. The second kappa shape index (κ2) is 18.3. The van der Waals surface area contributed by atoms with Gasteiger partial charge in [0.25, 0.3) is 11.8 Å². The summed E-state index contributed by atoms with van der Waals surface area (Å²) in [5, 5.41) is 14.6. The molecule has 4 aliphatic heterocycles. The molecule has 5 aromatic rings. The number of ether oxygens (including phenoxy) is 1. The molecule has 10 rings (SSSR count). The number of amides is 4. The summed E-state index contributed by atoms with van der Waals surface area (Å²) in [7, 11) is 0.921. The largest absolute Gasteiger partial charge is 0.494 e. The molecule has 0 radical (unpaired) electrons. The van der Waals surface area contributed by atoms with E-state index in [0.717, 1.165) is 104 Å². The third-order valence-corrected chi connectivity index (χ3v) is 15.7. The molecule has 6 heterocycles. The van der Waals surface area contributed by atoms with Gasteiger partial charge in [0.05, 0.1) is 42.0 Å². The van der Waals surface area contributed by atoms with Crippen LogP contribution in [-0.2, 0) is 21.2 Å². The highest BCUT2D eigenvalue weighted by molar-refractivity contribution is 7.70. The summed E-state index contributed by atoms with van der Waals surface area (Å²) in [6.45, 7) is 9.57. The molecule has 4 fully saturated rings. The lowest BCUT2D eigenvalue weighted by molar-refractivity contribution is -0.136. The van der Waals surface area contributed by atoms with Crippen LogP contribution in [0.15, 0.2) is 67.1 Å². The Morgan fingerprint density at radius 3 is 2.28 bits per heavy atom. The quantitative estimate of drug-likeness (QED) is 0.0847. The highest BCUT2D eigenvalue weighted by Crippen LogP contribution is 2.45. The Morgan fingerprint density at radius 2 is 1.59 bits per heavy atom. The van der Waals surface area contributed by atoms with Crippen molar-refractivity contribution in [1.29, 1.82) is 0 Å². The summed E-state index contributed by atoms with van der Waals surface area (Å²) in [6.07, 6.45) is 9.97. The molecule has 3 N–H and O–H groups in total. The van der Waals surface area contributed by atoms with Crippen molar-refractivity contribution < 1.29 is 28.5 Å². The first-order valence-corrected chi connectivity index (χ1v) is 26.2. The Labute approximate surface area is 399 Å². The van der Waals surface area contributed by atoms with Gasteiger partial charge in [-0.3, -0.25) is 39.0 Å². The molecule has 1 atom stereocenters. The maximum Gasteiger partial charge on any atom is 0.262 e. The van der Waals surface area contributed by atoms with Crippen molar-refractivity contribution in [1.82, 2.24) is 34.9 Å². The fourth-order valence-corrected chi connectivity index (χ4v) is 11.3. The molecule has 3 aromatic carbocycles. The third kappa shape index (κ3) is 9.18. The molecule has 0 spiro atoms. The zero-order chi connectivity index (χ0) is 47.4. The molecule has 68 heavy (non-hydrogen) atoms. The summed E-state index contributed by atoms with van der Waals surface area (Å²) < 4.78 is 21.2. The third-order valence-electron chi connectivity index (χ3n) is 13.9. The van der Waals surface area contributed by atoms with E-state index >= 15 is 0 Å². The first kappa shape index (κ1) is 45.5. The normalized spacial score (nSPS) is 19.4. The van der Waals surface area contributed by atoms with Crippen LogP contribution in [0.1, 0.15) is 70.7 Å². The van der Waals surface area contributed by atoms with Gasteiger partial charge in [-0.25, -0.2) is 4.98 Å². The number of nitrogens with one attached hydrogen (secondary N) is 3. The van der Waals surface area contributed by atoms with Gasteiger partial charge < -0.3 is 29.7 Å². The molecule has 4 amide bonds. The molecule has 1 aliphatic carbocycles. The topological polar surface area (TPSA) is 187 Å². The molecule has 0 bridgehead atoms. The molecular formula is C49H55ClN11O6P. The van der Waals surface area contributed by atoms with Crippen LogP contribution in [0.3, 0.4) is 0 Å². The molecule has 19 heteroatoms. The second-order valence-corrected chi connectivity index (χ2v) is 22.5. The Balaban J connectivity index is 0.791. The number of nitrogens with zero attached hydrogens (tertiary/aromatic N) is 8. The van der Waals surface area contributed by atoms with E-state index in [2.05, 4.69) is 65.0 Å². The van der Waals surface area contributed by atoms with Gasteiger partial charge in [0, 0.05) is 99.4 Å². The van der Waals surface area contributed by atoms with E-state index in [-0.39, 0.29) is 18.4 Å². The lowest BCUT2D eigenvalue weighted by atomic mass is 9.94. The van der Waals surface area contributed by atoms with E-state index in [1.54, 1.807) is 43.5 Å². The van der Waals surface area contributed by atoms with Crippen molar-refractivity contribution in [3.63, 3.8) is 0 Å². The van der Waals surface area contributed by atoms with Gasteiger partial charge >= 0.3 is 0 Å². The number of hydrogen-bond acceptors (Lipinski definition) is 14. The van der Waals surface area contributed by atoms with Crippen LogP contribution in [0, 0.1) is 5.92 Å². The Kier molecular flexibility index (Phi) is 12.3. The van der Waals surface area contributed by atoms with Crippen molar-refractivity contribution in [2.75, 3.05) is 86.7 Å². The number of aromatic nitrogens is 4. The number of imide groups is 2. The molecule has 354 valence electrons. The minimum atomic E-state index is -2.63. The smallest absolute Gasteiger partial charge is 0.262 e. The van der Waals surface area contributed by atoms with E-state index in [4.69, 9.17) is 21.3 Å². The van der Waals surface area contributed by atoms with E-state index in [0.29, 0.717) is 51.3 Å². The maximum atomic E-state index is 13.5. The van der Waals surface area contributed by atoms with Crippen LogP contribution in [0.4, 0.5) is 34.5 Å². The van der Waals surface area contributed by atoms with Gasteiger partial charge in [0.2, 0.25) is 17.8 Å². The number of hydrogen-bond donors (Lipinski definition) is 3. The predicted molar refractivity (Wildman–Crippen MR) is 263 cm³/mol. The van der Waals surface area contributed by atoms with Crippen molar-refractivity contribution in [3.8, 4) is 16.9 Å². The van der Waals surface area contributed by atoms with Gasteiger partial charge in [0.1, 0.15) is 24.0 Å². The number of carbonyl (C=O) groups excluding carboxylic acids is 4. The Morgan fingerprint density at radius 1 is 0.824 bits per heavy atom. The zero-order valence-electron chi connectivity index (χ0n) is 38.6. The Bertz CT molecular complexity index is 2880. The Hall–Kier alpha value is -6.29. The molecule has 1 saturated carbocycles. The number of piperazine rings is 1. The van der Waals surface area contributed by atoms with Crippen LogP contribution >= 0.6 is 18.7 Å². The fraction of sp³-hybridized carbons (Fsp3) is 0.408. The summed E-state index contributed by atoms with van der Waals surface area (Å²) in [5.41, 5.74) is 7.05. The fourth-order valence-electron chi connectivity index (χ4n) is 9.99. The SMILES string of the molecule is COc1cc(N2CCC(CN3CCN(c4ccc5c(c4)C(=O)N(C4CCC(=O)NC4=O)C5=O)CC3)CC2)c(-c2cnn(C)c2)cc1Nc1ncc(Cl)c(Nc2ccc(C3CC3)cc2P(C)(C)=O)n1. The molecule has 17 nitrogen and oxygen atoms in total. The van der Waals surface area contributed by atoms with Gasteiger partial charge in [0.15, 0.2) is 5.82 Å². The highest BCUT2D eigenvalue weighted by Gasteiger charge is 2.45. The number of carbonyl (C=O) groups is 4. The summed E-state index contributed by atoms with van der Waals surface area (Å²) >= 11 is 6.66. The van der Waals surface area contributed by atoms with Crippen LogP contribution < -0.4 is 35.8 Å². The summed E-state index contributed by atoms with van der Waals surface area (Å²) in [4.78, 5) is 68.4. The van der Waals surface area contributed by atoms with Crippen molar-refractivity contribution in [3.05, 3.63) is 88.8 Å². The number of anilines is 6. The monoisotopic (exact) mass is 959 g/mol. The summed E-state index contributed by atoms with van der Waals surface area (Å²) in [6, 6.07) is 14.6. The lowest BCUT2D eigenvalue weighted by Crippen LogP contribution is -2.54. The van der Waals surface area contributed by atoms with Crippen LogP contribution in [-0.4, -0.2) is 125 Å². The van der Waals surface area contributed by atoms with Crippen molar-refractivity contribution in [2.24, 2.45) is 13.0 Å². The van der Waals surface area contributed by atoms with E-state index in [1.807, 2.05) is 31.6 Å². The average molecular weight is 960 g/mol. The average Bonchev–Trinajstić information content (AvgIpc) is 4.04. The van der Waals surface area contributed by atoms with Crippen LogP contribution in [0.2, 0.25) is 5.02 Å². The number of aryl methyl sites for hydroxylation is 1. The minimum absolute atomic E-state index is 0.0831. The molecular weight excluding hydrogens is 905 g/mol. The highest BCUT2D eigenvalue weighted by atomic mass is 35.5.